The normalized spacial score (nSPS) is 12.7. The van der Waals surface area contributed by atoms with E-state index in [2.05, 4.69) is 10.5 Å². The number of rotatable bonds is 5. The van der Waals surface area contributed by atoms with Crippen LogP contribution >= 0.6 is 11.6 Å². The van der Waals surface area contributed by atoms with Gasteiger partial charge in [-0.1, -0.05) is 25.4 Å². The summed E-state index contributed by atoms with van der Waals surface area (Å²) in [7, 11) is 0. The van der Waals surface area contributed by atoms with Gasteiger partial charge in [-0.3, -0.25) is 4.79 Å². The molecular weight excluding hydrogens is 264 g/mol. The van der Waals surface area contributed by atoms with Crippen molar-refractivity contribution in [3.8, 4) is 5.75 Å². The number of nitrogens with one attached hydrogen (secondary N) is 1. The molecule has 19 heavy (non-hydrogen) atoms. The SMILES string of the molecule is Cc1cc(Cl)ccc1OC(C)C(=O)NN=CC(C)C. The summed E-state index contributed by atoms with van der Waals surface area (Å²) in [5.74, 6) is 0.640. The molecule has 0 heterocycles. The maximum atomic E-state index is 11.7. The number of amides is 1. The Balaban J connectivity index is 2.58. The summed E-state index contributed by atoms with van der Waals surface area (Å²) in [4.78, 5) is 11.7. The monoisotopic (exact) mass is 282 g/mol. The molecule has 1 amide bonds. The summed E-state index contributed by atoms with van der Waals surface area (Å²) in [5, 5.41) is 4.49. The van der Waals surface area contributed by atoms with Crippen molar-refractivity contribution in [2.24, 2.45) is 11.0 Å². The molecule has 1 aromatic carbocycles. The molecule has 104 valence electrons. The van der Waals surface area contributed by atoms with Crippen LogP contribution in [0.5, 0.6) is 5.75 Å². The first kappa shape index (κ1) is 15.5. The molecule has 0 saturated carbocycles. The molecule has 0 spiro atoms. The Labute approximate surface area is 118 Å². The molecule has 1 aromatic rings. The predicted octanol–water partition coefficient (Wildman–Crippen LogP) is 3.17. The van der Waals surface area contributed by atoms with Crippen molar-refractivity contribution < 1.29 is 9.53 Å². The highest BCUT2D eigenvalue weighted by Crippen LogP contribution is 2.22. The minimum absolute atomic E-state index is 0.286. The molecule has 4 nitrogen and oxygen atoms in total. The van der Waals surface area contributed by atoms with Gasteiger partial charge in [0.15, 0.2) is 6.10 Å². The first-order valence-corrected chi connectivity index (χ1v) is 6.53. The molecule has 0 aromatic heterocycles. The molecule has 1 rings (SSSR count). The van der Waals surface area contributed by atoms with Crippen LogP contribution in [0.25, 0.3) is 0 Å². The summed E-state index contributed by atoms with van der Waals surface area (Å²) < 4.78 is 5.57. The largest absolute Gasteiger partial charge is 0.481 e. The van der Waals surface area contributed by atoms with Gasteiger partial charge in [-0.05, 0) is 43.5 Å². The molecule has 1 atom stereocenters. The van der Waals surface area contributed by atoms with Crippen LogP contribution in [0, 0.1) is 12.8 Å². The minimum Gasteiger partial charge on any atom is -0.481 e. The van der Waals surface area contributed by atoms with Gasteiger partial charge in [0.2, 0.25) is 0 Å². The average Bonchev–Trinajstić information content (AvgIpc) is 2.32. The van der Waals surface area contributed by atoms with Gasteiger partial charge in [-0.25, -0.2) is 5.43 Å². The molecule has 0 saturated heterocycles. The molecule has 0 bridgehead atoms. The second-order valence-electron chi connectivity index (χ2n) is 4.67. The van der Waals surface area contributed by atoms with Gasteiger partial charge in [-0.15, -0.1) is 0 Å². The number of ether oxygens (including phenoxy) is 1. The lowest BCUT2D eigenvalue weighted by atomic mass is 10.2. The Morgan fingerprint density at radius 3 is 2.68 bits per heavy atom. The summed E-state index contributed by atoms with van der Waals surface area (Å²) in [6.45, 7) is 7.51. The standard InChI is InChI=1S/C14H19ClN2O2/c1-9(2)8-16-17-14(18)11(4)19-13-6-5-12(15)7-10(13)3/h5-9,11H,1-4H3,(H,17,18). The van der Waals surface area contributed by atoms with Gasteiger partial charge in [0.05, 0.1) is 0 Å². The van der Waals surface area contributed by atoms with Gasteiger partial charge in [-0.2, -0.15) is 5.10 Å². The zero-order valence-corrected chi connectivity index (χ0v) is 12.4. The van der Waals surface area contributed by atoms with Crippen molar-refractivity contribution in [1.82, 2.24) is 5.43 Å². The number of carbonyl (C=O) groups is 1. The van der Waals surface area contributed by atoms with E-state index in [1.807, 2.05) is 20.8 Å². The van der Waals surface area contributed by atoms with Gasteiger partial charge >= 0.3 is 0 Å². The Morgan fingerprint density at radius 2 is 2.11 bits per heavy atom. The fourth-order valence-corrected chi connectivity index (χ4v) is 1.56. The third-order valence-corrected chi connectivity index (χ3v) is 2.59. The van der Waals surface area contributed by atoms with Gasteiger partial charge < -0.3 is 4.74 Å². The molecule has 5 heteroatoms. The summed E-state index contributed by atoms with van der Waals surface area (Å²) in [6, 6.07) is 5.27. The third-order valence-electron chi connectivity index (χ3n) is 2.36. The molecule has 1 unspecified atom stereocenters. The predicted molar refractivity (Wildman–Crippen MR) is 77.8 cm³/mol. The lowest BCUT2D eigenvalue weighted by molar-refractivity contribution is -0.127. The van der Waals surface area contributed by atoms with E-state index in [0.717, 1.165) is 5.56 Å². The Hall–Kier alpha value is -1.55. The van der Waals surface area contributed by atoms with Crippen molar-refractivity contribution in [1.29, 1.82) is 0 Å². The van der Waals surface area contributed by atoms with Crippen molar-refractivity contribution in [2.45, 2.75) is 33.8 Å². The van der Waals surface area contributed by atoms with E-state index in [0.29, 0.717) is 10.8 Å². The van der Waals surface area contributed by atoms with Crippen molar-refractivity contribution in [2.75, 3.05) is 0 Å². The summed E-state index contributed by atoms with van der Waals surface area (Å²) >= 11 is 5.86. The van der Waals surface area contributed by atoms with Crippen molar-refractivity contribution in [3.05, 3.63) is 28.8 Å². The summed E-state index contributed by atoms with van der Waals surface area (Å²) in [5.41, 5.74) is 3.33. The highest BCUT2D eigenvalue weighted by molar-refractivity contribution is 6.30. The van der Waals surface area contributed by atoms with E-state index in [9.17, 15) is 4.79 Å². The van der Waals surface area contributed by atoms with Gasteiger partial charge in [0, 0.05) is 11.2 Å². The minimum atomic E-state index is -0.621. The van der Waals surface area contributed by atoms with Crippen LogP contribution < -0.4 is 10.2 Å². The van der Waals surface area contributed by atoms with Crippen LogP contribution in [-0.4, -0.2) is 18.2 Å². The molecule has 0 aliphatic rings. The van der Waals surface area contributed by atoms with E-state index < -0.39 is 6.10 Å². The summed E-state index contributed by atoms with van der Waals surface area (Å²) in [6.07, 6.45) is 1.04. The molecule has 0 aliphatic carbocycles. The van der Waals surface area contributed by atoms with E-state index in [-0.39, 0.29) is 11.8 Å². The maximum Gasteiger partial charge on any atom is 0.280 e. The van der Waals surface area contributed by atoms with Gasteiger partial charge in [0.1, 0.15) is 5.75 Å². The number of halogens is 1. The Morgan fingerprint density at radius 1 is 1.42 bits per heavy atom. The number of carbonyl (C=O) groups excluding carboxylic acids is 1. The topological polar surface area (TPSA) is 50.7 Å². The average molecular weight is 283 g/mol. The number of hydrogen-bond donors (Lipinski definition) is 1. The first-order valence-electron chi connectivity index (χ1n) is 6.16. The molecule has 1 N–H and O–H groups in total. The van der Waals surface area contributed by atoms with Crippen LogP contribution in [0.4, 0.5) is 0 Å². The van der Waals surface area contributed by atoms with E-state index in [1.54, 1.807) is 31.3 Å². The molecular formula is C14H19ClN2O2. The highest BCUT2D eigenvalue weighted by Gasteiger charge is 2.15. The lowest BCUT2D eigenvalue weighted by Crippen LogP contribution is -2.33. The van der Waals surface area contributed by atoms with Crippen LogP contribution in [0.3, 0.4) is 0 Å². The highest BCUT2D eigenvalue weighted by atomic mass is 35.5. The zero-order chi connectivity index (χ0) is 14.4. The fraction of sp³-hybridized carbons (Fsp3) is 0.429. The number of hydrazone groups is 1. The lowest BCUT2D eigenvalue weighted by Gasteiger charge is -2.15. The third kappa shape index (κ3) is 5.30. The van der Waals surface area contributed by atoms with Gasteiger partial charge in [0.25, 0.3) is 5.91 Å². The molecule has 0 aliphatic heterocycles. The quantitative estimate of drug-likeness (QED) is 0.666. The van der Waals surface area contributed by atoms with E-state index in [4.69, 9.17) is 16.3 Å². The fourth-order valence-electron chi connectivity index (χ4n) is 1.33. The van der Waals surface area contributed by atoms with E-state index >= 15 is 0 Å². The van der Waals surface area contributed by atoms with Crippen LogP contribution in [-0.2, 0) is 4.79 Å². The second kappa shape index (κ2) is 7.14. The number of aryl methyl sites for hydroxylation is 1. The number of hydrogen-bond acceptors (Lipinski definition) is 3. The maximum absolute atomic E-state index is 11.7. The zero-order valence-electron chi connectivity index (χ0n) is 11.6. The van der Waals surface area contributed by atoms with Crippen molar-refractivity contribution in [3.63, 3.8) is 0 Å². The Bertz CT molecular complexity index is 473. The van der Waals surface area contributed by atoms with Crippen LogP contribution in [0.2, 0.25) is 5.02 Å². The molecule has 0 fully saturated rings. The van der Waals surface area contributed by atoms with E-state index in [1.165, 1.54) is 0 Å². The van der Waals surface area contributed by atoms with Crippen LogP contribution in [0.15, 0.2) is 23.3 Å². The van der Waals surface area contributed by atoms with Crippen molar-refractivity contribution >= 4 is 23.7 Å². The second-order valence-corrected chi connectivity index (χ2v) is 5.10. The first-order chi connectivity index (χ1) is 8.90. The number of nitrogens with zero attached hydrogens (tertiary/aromatic N) is 1. The molecule has 0 radical (unpaired) electrons. The Kier molecular flexibility index (Phi) is 5.83. The van der Waals surface area contributed by atoms with Crippen LogP contribution in [0.1, 0.15) is 26.3 Å². The number of benzene rings is 1. The smallest absolute Gasteiger partial charge is 0.280 e.